The normalized spacial score (nSPS) is 12.2. The van der Waals surface area contributed by atoms with Crippen molar-refractivity contribution in [1.29, 1.82) is 0 Å². The summed E-state index contributed by atoms with van der Waals surface area (Å²) >= 11 is 1.38. The average molecular weight is 428 g/mol. The first-order valence-corrected chi connectivity index (χ1v) is 10.5. The highest BCUT2D eigenvalue weighted by atomic mass is 32.2. The number of nitrogens with zero attached hydrogens (tertiary/aromatic N) is 4. The molecule has 9 heteroatoms. The quantitative estimate of drug-likeness (QED) is 0.239. The lowest BCUT2D eigenvalue weighted by Crippen LogP contribution is -2.16. The maximum atomic E-state index is 11.0. The number of hydrogen-bond donors (Lipinski definition) is 1. The standard InChI is InChI=1S/C21H25N5O3S/c1-13(2)18-9-8-14(3)10-19(18)29-12-20-23-24-21(25(20)22)30-15(4)16-6-5-7-17(11-16)26(27)28/h5-11,13,15H,12,22H2,1-4H3. The van der Waals surface area contributed by atoms with E-state index < -0.39 is 4.92 Å². The van der Waals surface area contributed by atoms with Crippen LogP contribution in [0.25, 0.3) is 0 Å². The third-order valence-corrected chi connectivity index (χ3v) is 5.83. The maximum absolute atomic E-state index is 11.0. The monoisotopic (exact) mass is 427 g/mol. The summed E-state index contributed by atoms with van der Waals surface area (Å²) in [6.45, 7) is 8.39. The summed E-state index contributed by atoms with van der Waals surface area (Å²) in [6.07, 6.45) is 0. The van der Waals surface area contributed by atoms with E-state index >= 15 is 0 Å². The fourth-order valence-electron chi connectivity index (χ4n) is 2.99. The molecule has 0 amide bonds. The molecule has 1 aromatic heterocycles. The number of nitro benzene ring substituents is 1. The zero-order valence-corrected chi connectivity index (χ0v) is 18.2. The van der Waals surface area contributed by atoms with E-state index in [1.807, 2.05) is 26.0 Å². The molecule has 3 aromatic rings. The summed E-state index contributed by atoms with van der Waals surface area (Å²) in [6, 6.07) is 12.7. The van der Waals surface area contributed by atoms with Gasteiger partial charge >= 0.3 is 0 Å². The van der Waals surface area contributed by atoms with Crippen LogP contribution in [0, 0.1) is 17.0 Å². The number of hydrogen-bond acceptors (Lipinski definition) is 7. The van der Waals surface area contributed by atoms with Gasteiger partial charge in [0.05, 0.1) is 4.92 Å². The zero-order chi connectivity index (χ0) is 21.8. The molecule has 2 aromatic carbocycles. The predicted molar refractivity (Wildman–Crippen MR) is 117 cm³/mol. The first kappa shape index (κ1) is 21.6. The van der Waals surface area contributed by atoms with E-state index in [1.165, 1.54) is 22.5 Å². The second-order valence-electron chi connectivity index (χ2n) is 7.37. The molecule has 0 aliphatic heterocycles. The Hall–Kier alpha value is -3.07. The van der Waals surface area contributed by atoms with Crippen LogP contribution in [-0.4, -0.2) is 19.8 Å². The Morgan fingerprint density at radius 2 is 1.97 bits per heavy atom. The van der Waals surface area contributed by atoms with E-state index in [4.69, 9.17) is 10.6 Å². The molecule has 30 heavy (non-hydrogen) atoms. The highest BCUT2D eigenvalue weighted by molar-refractivity contribution is 7.99. The van der Waals surface area contributed by atoms with Gasteiger partial charge in [0.1, 0.15) is 12.4 Å². The molecule has 1 unspecified atom stereocenters. The van der Waals surface area contributed by atoms with Crippen LogP contribution in [-0.2, 0) is 6.61 Å². The highest BCUT2D eigenvalue weighted by Gasteiger charge is 2.18. The minimum Gasteiger partial charge on any atom is -0.485 e. The van der Waals surface area contributed by atoms with Crippen LogP contribution in [0.1, 0.15) is 54.5 Å². The number of thioether (sulfide) groups is 1. The van der Waals surface area contributed by atoms with E-state index in [0.29, 0.717) is 16.9 Å². The van der Waals surface area contributed by atoms with Crippen molar-refractivity contribution in [2.75, 3.05) is 5.84 Å². The maximum Gasteiger partial charge on any atom is 0.269 e. The van der Waals surface area contributed by atoms with Gasteiger partial charge in [-0.05, 0) is 42.5 Å². The molecule has 0 bridgehead atoms. The summed E-state index contributed by atoms with van der Waals surface area (Å²) in [7, 11) is 0. The van der Waals surface area contributed by atoms with Crippen LogP contribution >= 0.6 is 11.8 Å². The molecule has 0 saturated heterocycles. The van der Waals surface area contributed by atoms with Gasteiger partial charge < -0.3 is 10.6 Å². The Morgan fingerprint density at radius 1 is 1.20 bits per heavy atom. The van der Waals surface area contributed by atoms with Gasteiger partial charge in [0.25, 0.3) is 5.69 Å². The molecule has 1 atom stereocenters. The number of rotatable bonds is 8. The number of aryl methyl sites for hydroxylation is 1. The summed E-state index contributed by atoms with van der Waals surface area (Å²) in [4.78, 5) is 10.6. The fourth-order valence-corrected chi connectivity index (χ4v) is 3.90. The second kappa shape index (κ2) is 9.17. The molecule has 3 rings (SSSR count). The minimum absolute atomic E-state index is 0.0577. The van der Waals surface area contributed by atoms with Crippen molar-refractivity contribution in [1.82, 2.24) is 14.9 Å². The molecule has 0 radical (unpaired) electrons. The largest absolute Gasteiger partial charge is 0.485 e. The first-order valence-electron chi connectivity index (χ1n) is 9.60. The third-order valence-electron chi connectivity index (χ3n) is 4.72. The number of nitrogens with two attached hydrogens (primary N) is 1. The summed E-state index contributed by atoms with van der Waals surface area (Å²) in [5.41, 5.74) is 3.11. The Balaban J connectivity index is 1.72. The number of non-ortho nitro benzene ring substituents is 1. The van der Waals surface area contributed by atoms with E-state index in [0.717, 1.165) is 22.4 Å². The molecule has 0 saturated carbocycles. The lowest BCUT2D eigenvalue weighted by molar-refractivity contribution is -0.384. The molecule has 0 spiro atoms. The lowest BCUT2D eigenvalue weighted by atomic mass is 10.0. The van der Waals surface area contributed by atoms with Gasteiger partial charge in [0, 0.05) is 17.4 Å². The second-order valence-corrected chi connectivity index (χ2v) is 8.67. The number of nitrogen functional groups attached to an aromatic ring is 1. The molecule has 8 nitrogen and oxygen atoms in total. The molecule has 0 aliphatic rings. The van der Waals surface area contributed by atoms with Gasteiger partial charge in [-0.15, -0.1) is 10.2 Å². The van der Waals surface area contributed by atoms with Crippen LogP contribution in [0.15, 0.2) is 47.6 Å². The minimum atomic E-state index is -0.404. The van der Waals surface area contributed by atoms with E-state index in [9.17, 15) is 10.1 Å². The van der Waals surface area contributed by atoms with Crippen molar-refractivity contribution in [3.63, 3.8) is 0 Å². The number of aromatic nitrogens is 3. The summed E-state index contributed by atoms with van der Waals surface area (Å²) < 4.78 is 7.41. The van der Waals surface area contributed by atoms with Crippen LogP contribution in [0.3, 0.4) is 0 Å². The van der Waals surface area contributed by atoms with Gasteiger partial charge in [0.15, 0.2) is 5.82 Å². The number of nitro groups is 1. The Kier molecular flexibility index (Phi) is 6.61. The summed E-state index contributed by atoms with van der Waals surface area (Å²) in [5, 5.41) is 19.7. The van der Waals surface area contributed by atoms with E-state index in [2.05, 4.69) is 36.2 Å². The lowest BCUT2D eigenvalue weighted by Gasteiger charge is -2.15. The smallest absolute Gasteiger partial charge is 0.269 e. The van der Waals surface area contributed by atoms with Crippen molar-refractivity contribution in [3.05, 3.63) is 75.1 Å². The van der Waals surface area contributed by atoms with E-state index in [-0.39, 0.29) is 17.5 Å². The Labute approximate surface area is 179 Å². The van der Waals surface area contributed by atoms with Gasteiger partial charge in [0.2, 0.25) is 5.16 Å². The molecule has 158 valence electrons. The van der Waals surface area contributed by atoms with Crippen LogP contribution in [0.5, 0.6) is 5.75 Å². The highest BCUT2D eigenvalue weighted by Crippen LogP contribution is 2.35. The predicted octanol–water partition coefficient (Wildman–Crippen LogP) is 4.76. The fraction of sp³-hybridized carbons (Fsp3) is 0.333. The zero-order valence-electron chi connectivity index (χ0n) is 17.4. The first-order chi connectivity index (χ1) is 14.3. The van der Waals surface area contributed by atoms with Crippen LogP contribution < -0.4 is 10.6 Å². The van der Waals surface area contributed by atoms with Crippen molar-refractivity contribution in [3.8, 4) is 5.75 Å². The van der Waals surface area contributed by atoms with Gasteiger partial charge in [-0.25, -0.2) is 4.68 Å². The van der Waals surface area contributed by atoms with Crippen molar-refractivity contribution in [2.45, 2.75) is 50.6 Å². The molecular formula is C21H25N5O3S. The topological polar surface area (TPSA) is 109 Å². The SMILES string of the molecule is Cc1ccc(C(C)C)c(OCc2nnc(SC(C)c3cccc([N+](=O)[O-])c3)n2N)c1. The van der Waals surface area contributed by atoms with Crippen LogP contribution in [0.4, 0.5) is 5.69 Å². The van der Waals surface area contributed by atoms with E-state index in [1.54, 1.807) is 12.1 Å². The van der Waals surface area contributed by atoms with Gasteiger partial charge in [-0.1, -0.05) is 49.9 Å². The molecule has 1 heterocycles. The summed E-state index contributed by atoms with van der Waals surface area (Å²) in [5.74, 6) is 7.83. The van der Waals surface area contributed by atoms with Crippen molar-refractivity contribution >= 4 is 17.4 Å². The van der Waals surface area contributed by atoms with Gasteiger partial charge in [-0.2, -0.15) is 0 Å². The van der Waals surface area contributed by atoms with Crippen LogP contribution in [0.2, 0.25) is 0 Å². The molecule has 0 aliphatic carbocycles. The Morgan fingerprint density at radius 3 is 2.67 bits per heavy atom. The van der Waals surface area contributed by atoms with Crippen molar-refractivity contribution in [2.24, 2.45) is 0 Å². The molecular weight excluding hydrogens is 402 g/mol. The Bertz CT molecular complexity index is 1050. The molecule has 2 N–H and O–H groups in total. The average Bonchev–Trinajstić information content (AvgIpc) is 3.05. The number of ether oxygens (including phenoxy) is 1. The van der Waals surface area contributed by atoms with Crippen molar-refractivity contribution < 1.29 is 9.66 Å². The number of benzene rings is 2. The molecule has 0 fully saturated rings. The van der Waals surface area contributed by atoms with Gasteiger partial charge in [-0.3, -0.25) is 10.1 Å². The third kappa shape index (κ3) is 4.91.